The molecule has 0 saturated carbocycles. The quantitative estimate of drug-likeness (QED) is 0.889. The van der Waals surface area contributed by atoms with Crippen LogP contribution in [0.2, 0.25) is 0 Å². The summed E-state index contributed by atoms with van der Waals surface area (Å²) in [5.41, 5.74) is 0.551. The van der Waals surface area contributed by atoms with Crippen LogP contribution in [0.4, 0.5) is 10.6 Å². The number of nitrogens with one attached hydrogen (secondary N) is 2. The third kappa shape index (κ3) is 5.87. The smallest absolute Gasteiger partial charge is 0.413 e. The van der Waals surface area contributed by atoms with Gasteiger partial charge in [0.05, 0.1) is 18.4 Å². The van der Waals surface area contributed by atoms with E-state index < -0.39 is 11.7 Å². The van der Waals surface area contributed by atoms with Crippen molar-refractivity contribution in [2.45, 2.75) is 39.3 Å². The van der Waals surface area contributed by atoms with E-state index in [1.165, 1.54) is 12.4 Å². The Morgan fingerprint density at radius 1 is 1.08 bits per heavy atom. The Morgan fingerprint density at radius 2 is 1.76 bits per heavy atom. The number of nitrogens with zero attached hydrogens (tertiary/aromatic N) is 2. The molecular weight excluding hydrogens is 320 g/mol. The molecule has 1 heterocycles. The number of carbonyl (C=O) groups excluding carboxylic acids is 2. The van der Waals surface area contributed by atoms with Crippen LogP contribution in [0.15, 0.2) is 42.7 Å². The van der Waals surface area contributed by atoms with Crippen LogP contribution < -0.4 is 10.6 Å². The number of hydrogen-bond donors (Lipinski definition) is 2. The van der Waals surface area contributed by atoms with Gasteiger partial charge < -0.3 is 10.1 Å². The largest absolute Gasteiger partial charge is 0.444 e. The van der Waals surface area contributed by atoms with Crippen molar-refractivity contribution in [1.29, 1.82) is 0 Å². The van der Waals surface area contributed by atoms with Gasteiger partial charge in [-0.15, -0.1) is 0 Å². The summed E-state index contributed by atoms with van der Waals surface area (Å²) >= 11 is 0. The third-order valence-corrected chi connectivity index (χ3v) is 3.16. The molecule has 2 rings (SSSR count). The van der Waals surface area contributed by atoms with Gasteiger partial charge in [-0.3, -0.25) is 10.1 Å². The first-order chi connectivity index (χ1) is 11.7. The van der Waals surface area contributed by atoms with Crippen LogP contribution in [0.1, 0.15) is 49.8 Å². The summed E-state index contributed by atoms with van der Waals surface area (Å²) in [6.45, 7) is 7.18. The average Bonchev–Trinajstić information content (AvgIpc) is 2.54. The number of carbonyl (C=O) groups is 2. The Hall–Kier alpha value is -2.96. The number of benzene rings is 1. The number of rotatable bonds is 4. The molecule has 2 aromatic rings. The number of hydrogen-bond acceptors (Lipinski definition) is 5. The van der Waals surface area contributed by atoms with E-state index in [1.807, 2.05) is 37.3 Å². The molecule has 25 heavy (non-hydrogen) atoms. The van der Waals surface area contributed by atoms with Gasteiger partial charge in [0.2, 0.25) is 0 Å². The van der Waals surface area contributed by atoms with Gasteiger partial charge in [-0.25, -0.2) is 14.8 Å². The van der Waals surface area contributed by atoms with Gasteiger partial charge in [-0.1, -0.05) is 30.3 Å². The summed E-state index contributed by atoms with van der Waals surface area (Å²) in [6.07, 6.45) is 1.99. The highest BCUT2D eigenvalue weighted by atomic mass is 16.6. The summed E-state index contributed by atoms with van der Waals surface area (Å²) in [4.78, 5) is 31.9. The predicted molar refractivity (Wildman–Crippen MR) is 94.2 cm³/mol. The lowest BCUT2D eigenvalue weighted by molar-refractivity contribution is 0.0635. The first-order valence-electron chi connectivity index (χ1n) is 7.92. The molecule has 0 fully saturated rings. The molecular formula is C18H22N4O3. The van der Waals surface area contributed by atoms with E-state index >= 15 is 0 Å². The molecule has 0 spiro atoms. The van der Waals surface area contributed by atoms with Crippen molar-refractivity contribution in [3.8, 4) is 0 Å². The van der Waals surface area contributed by atoms with E-state index in [2.05, 4.69) is 20.6 Å². The SMILES string of the molecule is C[C@@H](NC(=O)c1cnc(NC(=O)OC(C)(C)C)cn1)c1ccccc1. The van der Waals surface area contributed by atoms with Gasteiger partial charge in [-0.2, -0.15) is 0 Å². The standard InChI is InChI=1S/C18H22N4O3/c1-12(13-8-6-5-7-9-13)21-16(23)14-10-20-15(11-19-14)22-17(24)25-18(2,3)4/h5-12H,1-4H3,(H,21,23)(H,20,22,24)/t12-/m1/s1. The topological polar surface area (TPSA) is 93.2 Å². The third-order valence-electron chi connectivity index (χ3n) is 3.16. The maximum atomic E-state index is 12.2. The van der Waals surface area contributed by atoms with E-state index in [4.69, 9.17) is 4.74 Å². The minimum Gasteiger partial charge on any atom is -0.444 e. The second-order valence-electron chi connectivity index (χ2n) is 6.52. The van der Waals surface area contributed by atoms with Gasteiger partial charge in [-0.05, 0) is 33.3 Å². The van der Waals surface area contributed by atoms with Crippen molar-refractivity contribution in [2.24, 2.45) is 0 Å². The van der Waals surface area contributed by atoms with Crippen LogP contribution in [-0.4, -0.2) is 27.6 Å². The Labute approximate surface area is 146 Å². The van der Waals surface area contributed by atoms with E-state index in [1.54, 1.807) is 20.8 Å². The lowest BCUT2D eigenvalue weighted by Gasteiger charge is -2.19. The molecule has 2 N–H and O–H groups in total. The molecule has 0 aliphatic heterocycles. The van der Waals surface area contributed by atoms with Crippen LogP contribution in [0, 0.1) is 0 Å². The molecule has 0 saturated heterocycles. The normalized spacial score (nSPS) is 12.2. The van der Waals surface area contributed by atoms with Crippen LogP contribution in [0.3, 0.4) is 0 Å². The van der Waals surface area contributed by atoms with Gasteiger partial charge in [0.15, 0.2) is 5.82 Å². The molecule has 0 aliphatic rings. The maximum Gasteiger partial charge on any atom is 0.413 e. The van der Waals surface area contributed by atoms with E-state index in [-0.39, 0.29) is 23.5 Å². The Kier molecular flexibility index (Phi) is 5.69. The molecule has 1 atom stereocenters. The maximum absolute atomic E-state index is 12.2. The second kappa shape index (κ2) is 7.74. The highest BCUT2D eigenvalue weighted by molar-refractivity contribution is 5.92. The number of ether oxygens (including phenoxy) is 1. The number of aromatic nitrogens is 2. The lowest BCUT2D eigenvalue weighted by atomic mass is 10.1. The fraction of sp³-hybridized carbons (Fsp3) is 0.333. The fourth-order valence-corrected chi connectivity index (χ4v) is 2.01. The first-order valence-corrected chi connectivity index (χ1v) is 7.92. The van der Waals surface area contributed by atoms with Crippen LogP contribution in [-0.2, 0) is 4.74 Å². The molecule has 2 amide bonds. The number of amides is 2. The predicted octanol–water partition coefficient (Wildman–Crippen LogP) is 3.31. The van der Waals surface area contributed by atoms with Gasteiger partial charge in [0, 0.05) is 0 Å². The molecule has 132 valence electrons. The summed E-state index contributed by atoms with van der Waals surface area (Å²) in [5.74, 6) is -0.130. The minimum absolute atomic E-state index is 0.157. The Bertz CT molecular complexity index is 724. The molecule has 0 radical (unpaired) electrons. The van der Waals surface area contributed by atoms with Crippen molar-refractivity contribution in [2.75, 3.05) is 5.32 Å². The molecule has 0 aliphatic carbocycles. The van der Waals surface area contributed by atoms with Crippen molar-refractivity contribution in [1.82, 2.24) is 15.3 Å². The first kappa shape index (κ1) is 18.4. The molecule has 0 bridgehead atoms. The average molecular weight is 342 g/mol. The Balaban J connectivity index is 1.95. The molecule has 0 unspecified atom stereocenters. The second-order valence-corrected chi connectivity index (χ2v) is 6.52. The van der Waals surface area contributed by atoms with E-state index in [9.17, 15) is 9.59 Å². The van der Waals surface area contributed by atoms with Crippen molar-refractivity contribution in [3.63, 3.8) is 0 Å². The van der Waals surface area contributed by atoms with Crippen LogP contribution >= 0.6 is 0 Å². The van der Waals surface area contributed by atoms with E-state index in [0.717, 1.165) is 5.56 Å². The summed E-state index contributed by atoms with van der Waals surface area (Å²) < 4.78 is 5.12. The van der Waals surface area contributed by atoms with Crippen LogP contribution in [0.25, 0.3) is 0 Å². The van der Waals surface area contributed by atoms with Gasteiger partial charge >= 0.3 is 6.09 Å². The monoisotopic (exact) mass is 342 g/mol. The summed E-state index contributed by atoms with van der Waals surface area (Å²) in [6, 6.07) is 9.45. The highest BCUT2D eigenvalue weighted by Gasteiger charge is 2.17. The summed E-state index contributed by atoms with van der Waals surface area (Å²) in [5, 5.41) is 5.32. The lowest BCUT2D eigenvalue weighted by Crippen LogP contribution is -2.28. The van der Waals surface area contributed by atoms with Gasteiger partial charge in [0.1, 0.15) is 11.3 Å². The van der Waals surface area contributed by atoms with Crippen molar-refractivity contribution >= 4 is 17.8 Å². The highest BCUT2D eigenvalue weighted by Crippen LogP contribution is 2.12. The Morgan fingerprint density at radius 3 is 2.32 bits per heavy atom. The van der Waals surface area contributed by atoms with Crippen LogP contribution in [0.5, 0.6) is 0 Å². The zero-order valence-corrected chi connectivity index (χ0v) is 14.7. The van der Waals surface area contributed by atoms with Crippen molar-refractivity contribution < 1.29 is 14.3 Å². The zero-order valence-electron chi connectivity index (χ0n) is 14.7. The number of anilines is 1. The molecule has 1 aromatic carbocycles. The molecule has 1 aromatic heterocycles. The summed E-state index contributed by atoms with van der Waals surface area (Å²) in [7, 11) is 0. The van der Waals surface area contributed by atoms with Gasteiger partial charge in [0.25, 0.3) is 5.91 Å². The van der Waals surface area contributed by atoms with Crippen molar-refractivity contribution in [3.05, 3.63) is 54.0 Å². The zero-order chi connectivity index (χ0) is 18.4. The van der Waals surface area contributed by atoms with E-state index in [0.29, 0.717) is 0 Å². The molecule has 7 nitrogen and oxygen atoms in total. The molecule has 7 heteroatoms. The minimum atomic E-state index is -0.628. The fourth-order valence-electron chi connectivity index (χ4n) is 2.01.